The molecule has 0 aliphatic heterocycles. The maximum Gasteiger partial charge on any atom is 0.00277 e. The van der Waals surface area contributed by atoms with Gasteiger partial charge < -0.3 is 5.32 Å². The van der Waals surface area contributed by atoms with Crippen LogP contribution < -0.4 is 5.32 Å². The van der Waals surface area contributed by atoms with Crippen molar-refractivity contribution < 1.29 is 0 Å². The summed E-state index contributed by atoms with van der Waals surface area (Å²) in [6.07, 6.45) is 7.04. The molecule has 0 radical (unpaired) electrons. The van der Waals surface area contributed by atoms with E-state index in [-0.39, 0.29) is 0 Å². The van der Waals surface area contributed by atoms with Crippen LogP contribution >= 0.6 is 0 Å². The highest BCUT2D eigenvalue weighted by Gasteiger charge is 2.05. The number of nitrogens with one attached hydrogen (secondary N) is 1. The van der Waals surface area contributed by atoms with Gasteiger partial charge in [0.15, 0.2) is 0 Å². The predicted molar refractivity (Wildman–Crippen MR) is 76.8 cm³/mol. The van der Waals surface area contributed by atoms with Gasteiger partial charge in [0.25, 0.3) is 0 Å². The van der Waals surface area contributed by atoms with Gasteiger partial charge in [-0.25, -0.2) is 0 Å². The largest absolute Gasteiger partial charge is 0.394 e. The van der Waals surface area contributed by atoms with E-state index in [1.165, 1.54) is 16.7 Å². The number of benzene rings is 1. The Bertz CT molecular complexity index is 439. The topological polar surface area (TPSA) is 12.0 Å². The van der Waals surface area contributed by atoms with Crippen molar-refractivity contribution in [2.24, 2.45) is 0 Å². The number of allylic oxidation sites excluding steroid dienone is 4. The molecule has 0 saturated carbocycles. The Morgan fingerprint density at radius 2 is 2.06 bits per heavy atom. The van der Waals surface area contributed by atoms with Gasteiger partial charge >= 0.3 is 0 Å². The zero-order valence-electron chi connectivity index (χ0n) is 11.0. The normalized spacial score (nSPS) is 11.8. The molecule has 0 fully saturated rings. The molecule has 1 aromatic carbocycles. The van der Waals surface area contributed by atoms with Crippen LogP contribution in [0.25, 0.3) is 5.57 Å². The van der Waals surface area contributed by atoms with E-state index < -0.39 is 0 Å². The number of hydrogen-bond donors (Lipinski definition) is 1. The van der Waals surface area contributed by atoms with Gasteiger partial charge in [0.1, 0.15) is 0 Å². The van der Waals surface area contributed by atoms with Crippen molar-refractivity contribution in [3.8, 4) is 0 Å². The van der Waals surface area contributed by atoms with Crippen molar-refractivity contribution in [1.29, 1.82) is 0 Å². The minimum atomic E-state index is 0.987. The van der Waals surface area contributed by atoms with Crippen LogP contribution in [0.5, 0.6) is 0 Å². The minimum Gasteiger partial charge on any atom is -0.394 e. The van der Waals surface area contributed by atoms with Crippen molar-refractivity contribution in [3.05, 3.63) is 65.9 Å². The van der Waals surface area contributed by atoms with E-state index in [2.05, 4.69) is 56.1 Å². The average molecular weight is 227 g/mol. The van der Waals surface area contributed by atoms with E-state index in [4.69, 9.17) is 0 Å². The molecule has 0 heterocycles. The van der Waals surface area contributed by atoms with E-state index in [1.807, 2.05) is 19.3 Å². The molecule has 0 aliphatic rings. The Morgan fingerprint density at radius 3 is 2.65 bits per heavy atom. The third kappa shape index (κ3) is 3.63. The van der Waals surface area contributed by atoms with E-state index in [9.17, 15) is 0 Å². The van der Waals surface area contributed by atoms with Gasteiger partial charge in [0.05, 0.1) is 0 Å². The lowest BCUT2D eigenvalue weighted by atomic mass is 9.94. The van der Waals surface area contributed by atoms with Gasteiger partial charge in [-0.2, -0.15) is 0 Å². The second-order valence-electron chi connectivity index (χ2n) is 3.99. The lowest BCUT2D eigenvalue weighted by Crippen LogP contribution is -1.92. The number of aryl methyl sites for hydroxylation is 1. The van der Waals surface area contributed by atoms with E-state index in [0.29, 0.717) is 0 Å². The molecule has 1 rings (SSSR count). The van der Waals surface area contributed by atoms with Crippen LogP contribution in [0.15, 0.2) is 54.8 Å². The Morgan fingerprint density at radius 1 is 1.35 bits per heavy atom. The molecule has 0 bridgehead atoms. The molecular weight excluding hydrogens is 206 g/mol. The first-order valence-electron chi connectivity index (χ1n) is 5.99. The highest BCUT2D eigenvalue weighted by Crippen LogP contribution is 2.25. The van der Waals surface area contributed by atoms with Crippen LogP contribution in [0.1, 0.15) is 24.5 Å². The Labute approximate surface area is 105 Å². The third-order valence-electron chi connectivity index (χ3n) is 2.80. The first-order chi connectivity index (χ1) is 8.20. The second-order valence-corrected chi connectivity index (χ2v) is 3.99. The molecule has 0 aliphatic carbocycles. The Balaban J connectivity index is 2.98. The van der Waals surface area contributed by atoms with E-state index in [1.54, 1.807) is 0 Å². The van der Waals surface area contributed by atoms with Crippen LogP contribution in [0, 0.1) is 6.92 Å². The van der Waals surface area contributed by atoms with Crippen molar-refractivity contribution in [1.82, 2.24) is 5.32 Å². The van der Waals surface area contributed by atoms with Gasteiger partial charge in [-0.3, -0.25) is 0 Å². The molecule has 1 N–H and O–H groups in total. The highest BCUT2D eigenvalue weighted by molar-refractivity contribution is 5.79. The van der Waals surface area contributed by atoms with Gasteiger partial charge in [0.2, 0.25) is 0 Å². The zero-order valence-corrected chi connectivity index (χ0v) is 11.0. The molecule has 0 atom stereocenters. The fourth-order valence-corrected chi connectivity index (χ4v) is 1.78. The fraction of sp³-hybridized carbons (Fsp3) is 0.250. The molecule has 0 spiro atoms. The van der Waals surface area contributed by atoms with Crippen LogP contribution in [-0.4, -0.2) is 7.05 Å². The maximum absolute atomic E-state index is 4.21. The van der Waals surface area contributed by atoms with Crippen molar-refractivity contribution in [2.75, 3.05) is 7.05 Å². The maximum atomic E-state index is 4.21. The SMILES string of the molecule is C=C(/C(=C\C=C/NC)CC)c1ccccc1C. The molecule has 0 aromatic heterocycles. The first-order valence-corrected chi connectivity index (χ1v) is 5.99. The van der Waals surface area contributed by atoms with Crippen LogP contribution in [0.4, 0.5) is 0 Å². The van der Waals surface area contributed by atoms with Crippen molar-refractivity contribution >= 4 is 5.57 Å². The second kappa shape index (κ2) is 6.74. The molecular formula is C16H21N. The molecule has 1 aromatic rings. The smallest absolute Gasteiger partial charge is 0.00277 e. The van der Waals surface area contributed by atoms with Crippen LogP contribution in [0.3, 0.4) is 0 Å². The van der Waals surface area contributed by atoms with Gasteiger partial charge in [0, 0.05) is 7.05 Å². The predicted octanol–water partition coefficient (Wildman–Crippen LogP) is 4.08. The molecule has 0 unspecified atom stereocenters. The summed E-state index contributed by atoms with van der Waals surface area (Å²) in [6, 6.07) is 8.37. The fourth-order valence-electron chi connectivity index (χ4n) is 1.78. The summed E-state index contributed by atoms with van der Waals surface area (Å²) in [5, 5.41) is 2.98. The average Bonchev–Trinajstić information content (AvgIpc) is 2.35. The van der Waals surface area contributed by atoms with Crippen molar-refractivity contribution in [2.45, 2.75) is 20.3 Å². The summed E-state index contributed by atoms with van der Waals surface area (Å²) in [5.41, 5.74) is 4.89. The molecule has 0 saturated heterocycles. The summed E-state index contributed by atoms with van der Waals surface area (Å²) in [5.74, 6) is 0. The molecule has 17 heavy (non-hydrogen) atoms. The Hall–Kier alpha value is -1.76. The summed E-state index contributed by atoms with van der Waals surface area (Å²) in [6.45, 7) is 8.49. The first kappa shape index (κ1) is 13.3. The molecule has 1 nitrogen and oxygen atoms in total. The van der Waals surface area contributed by atoms with Crippen molar-refractivity contribution in [3.63, 3.8) is 0 Å². The van der Waals surface area contributed by atoms with E-state index in [0.717, 1.165) is 12.0 Å². The lowest BCUT2D eigenvalue weighted by molar-refractivity contribution is 1.10. The van der Waals surface area contributed by atoms with Gasteiger partial charge in [-0.1, -0.05) is 43.8 Å². The minimum absolute atomic E-state index is 0.987. The van der Waals surface area contributed by atoms with Crippen LogP contribution in [-0.2, 0) is 0 Å². The molecule has 90 valence electrons. The number of hydrogen-bond acceptors (Lipinski definition) is 1. The summed E-state index contributed by atoms with van der Waals surface area (Å²) in [7, 11) is 1.89. The monoisotopic (exact) mass is 227 g/mol. The highest BCUT2D eigenvalue weighted by atomic mass is 14.8. The summed E-state index contributed by atoms with van der Waals surface area (Å²) in [4.78, 5) is 0. The van der Waals surface area contributed by atoms with Crippen LogP contribution in [0.2, 0.25) is 0 Å². The summed E-state index contributed by atoms with van der Waals surface area (Å²) >= 11 is 0. The number of rotatable bonds is 5. The zero-order chi connectivity index (χ0) is 12.7. The quantitative estimate of drug-likeness (QED) is 0.747. The Kier molecular flexibility index (Phi) is 5.28. The lowest BCUT2D eigenvalue weighted by Gasteiger charge is -2.11. The van der Waals surface area contributed by atoms with Gasteiger partial charge in [-0.15, -0.1) is 0 Å². The third-order valence-corrected chi connectivity index (χ3v) is 2.80. The van der Waals surface area contributed by atoms with Gasteiger partial charge in [-0.05, 0) is 47.9 Å². The van der Waals surface area contributed by atoms with E-state index >= 15 is 0 Å². The standard InChI is InChI=1S/C16H21N/c1-5-15(10-8-12-17-4)14(3)16-11-7-6-9-13(16)2/h6-12,17H,3,5H2,1-2,4H3/b12-8-,15-10-. The molecule has 1 heteroatoms. The molecule has 0 amide bonds. The summed E-state index contributed by atoms with van der Waals surface area (Å²) < 4.78 is 0.